The quantitative estimate of drug-likeness (QED) is 0.699. The van der Waals surface area contributed by atoms with Crippen molar-refractivity contribution in [1.29, 1.82) is 5.26 Å². The Kier molecular flexibility index (Phi) is 5.08. The van der Waals surface area contributed by atoms with Crippen LogP contribution in [0.5, 0.6) is 0 Å². The Balaban J connectivity index is 1.91. The van der Waals surface area contributed by atoms with Crippen molar-refractivity contribution >= 4 is 27.3 Å². The summed E-state index contributed by atoms with van der Waals surface area (Å²) in [5.41, 5.74) is 0.476. The molecule has 1 heterocycles. The molecule has 1 N–H and O–H groups in total. The maximum absolute atomic E-state index is 13.4. The number of pyridine rings is 1. The van der Waals surface area contributed by atoms with E-state index in [-0.39, 0.29) is 27.0 Å². The van der Waals surface area contributed by atoms with Crippen LogP contribution in [0.4, 0.5) is 14.5 Å². The SMILES string of the molecule is N#Cc1nc(-c2ccc(NS(=O)(=O)c3ccc(F)cc3)cc2Cl)ccc1F. The van der Waals surface area contributed by atoms with E-state index in [0.29, 0.717) is 5.56 Å². The molecule has 0 aliphatic carbocycles. The van der Waals surface area contributed by atoms with E-state index in [1.807, 2.05) is 0 Å². The van der Waals surface area contributed by atoms with E-state index in [9.17, 15) is 17.2 Å². The maximum atomic E-state index is 13.4. The summed E-state index contributed by atoms with van der Waals surface area (Å²) < 4.78 is 53.4. The predicted molar refractivity (Wildman–Crippen MR) is 96.6 cm³/mol. The minimum Gasteiger partial charge on any atom is -0.280 e. The zero-order chi connectivity index (χ0) is 19.6. The molecule has 2 aromatic carbocycles. The highest BCUT2D eigenvalue weighted by molar-refractivity contribution is 7.92. The molecule has 5 nitrogen and oxygen atoms in total. The second-order valence-corrected chi connectivity index (χ2v) is 7.48. The van der Waals surface area contributed by atoms with Crippen molar-refractivity contribution in [1.82, 2.24) is 4.98 Å². The molecular weight excluding hydrogens is 396 g/mol. The highest BCUT2D eigenvalue weighted by Crippen LogP contribution is 2.30. The van der Waals surface area contributed by atoms with Gasteiger partial charge in [0, 0.05) is 5.56 Å². The number of anilines is 1. The number of sulfonamides is 1. The van der Waals surface area contributed by atoms with E-state index >= 15 is 0 Å². The van der Waals surface area contributed by atoms with Crippen LogP contribution in [0, 0.1) is 23.0 Å². The van der Waals surface area contributed by atoms with Crippen LogP contribution in [0.15, 0.2) is 59.5 Å². The minimum atomic E-state index is -3.92. The monoisotopic (exact) mass is 405 g/mol. The first-order valence-electron chi connectivity index (χ1n) is 7.45. The number of nitriles is 1. The normalized spacial score (nSPS) is 11.0. The van der Waals surface area contributed by atoms with Gasteiger partial charge in [-0.3, -0.25) is 4.72 Å². The summed E-state index contributed by atoms with van der Waals surface area (Å²) in [6.07, 6.45) is 0. The van der Waals surface area contributed by atoms with Gasteiger partial charge in [0.25, 0.3) is 10.0 Å². The van der Waals surface area contributed by atoms with E-state index in [1.165, 1.54) is 24.3 Å². The summed E-state index contributed by atoms with van der Waals surface area (Å²) >= 11 is 6.19. The minimum absolute atomic E-state index is 0.108. The summed E-state index contributed by atoms with van der Waals surface area (Å²) in [5, 5.41) is 9.02. The van der Waals surface area contributed by atoms with Crippen LogP contribution in [0.1, 0.15) is 5.69 Å². The van der Waals surface area contributed by atoms with Gasteiger partial charge in [0.1, 0.15) is 11.9 Å². The van der Waals surface area contributed by atoms with Crippen molar-refractivity contribution in [3.05, 3.63) is 76.9 Å². The first kappa shape index (κ1) is 18.8. The van der Waals surface area contributed by atoms with Gasteiger partial charge in [-0.25, -0.2) is 22.2 Å². The van der Waals surface area contributed by atoms with Crippen LogP contribution in [0.2, 0.25) is 5.02 Å². The molecule has 0 atom stereocenters. The van der Waals surface area contributed by atoms with Crippen LogP contribution in [0.3, 0.4) is 0 Å². The van der Waals surface area contributed by atoms with Crippen LogP contribution in [-0.4, -0.2) is 13.4 Å². The molecule has 3 rings (SSSR count). The Morgan fingerprint density at radius 3 is 2.37 bits per heavy atom. The van der Waals surface area contributed by atoms with E-state index in [0.717, 1.165) is 30.3 Å². The molecule has 27 heavy (non-hydrogen) atoms. The number of halogens is 3. The van der Waals surface area contributed by atoms with E-state index in [2.05, 4.69) is 9.71 Å². The summed E-state index contributed by atoms with van der Waals surface area (Å²) in [4.78, 5) is 3.78. The topological polar surface area (TPSA) is 82.8 Å². The number of aromatic nitrogens is 1. The molecule has 0 bridgehead atoms. The van der Waals surface area contributed by atoms with Gasteiger partial charge in [0.2, 0.25) is 0 Å². The van der Waals surface area contributed by atoms with Crippen molar-refractivity contribution in [2.75, 3.05) is 4.72 Å². The lowest BCUT2D eigenvalue weighted by Gasteiger charge is -2.10. The third-order valence-electron chi connectivity index (χ3n) is 3.57. The van der Waals surface area contributed by atoms with E-state index in [1.54, 1.807) is 6.07 Å². The molecule has 0 aliphatic rings. The molecule has 0 aliphatic heterocycles. The molecule has 0 fully saturated rings. The highest BCUT2D eigenvalue weighted by Gasteiger charge is 2.16. The van der Waals surface area contributed by atoms with Crippen molar-refractivity contribution in [2.24, 2.45) is 0 Å². The number of hydrogen-bond acceptors (Lipinski definition) is 4. The summed E-state index contributed by atoms with van der Waals surface area (Å²) in [5.74, 6) is -1.30. The molecule has 0 unspecified atom stereocenters. The van der Waals surface area contributed by atoms with Crippen molar-refractivity contribution < 1.29 is 17.2 Å². The molecule has 3 aromatic rings. The van der Waals surface area contributed by atoms with Crippen molar-refractivity contribution in [2.45, 2.75) is 4.90 Å². The number of hydrogen-bond donors (Lipinski definition) is 1. The second kappa shape index (κ2) is 7.31. The van der Waals surface area contributed by atoms with Gasteiger partial charge >= 0.3 is 0 Å². The van der Waals surface area contributed by atoms with Gasteiger partial charge in [-0.05, 0) is 54.6 Å². The zero-order valence-corrected chi connectivity index (χ0v) is 15.0. The van der Waals surface area contributed by atoms with Crippen LogP contribution >= 0.6 is 11.6 Å². The van der Waals surface area contributed by atoms with Crippen LogP contribution in [0.25, 0.3) is 11.3 Å². The first-order chi connectivity index (χ1) is 12.8. The third kappa shape index (κ3) is 4.05. The van der Waals surface area contributed by atoms with Gasteiger partial charge in [-0.15, -0.1) is 0 Å². The van der Waals surface area contributed by atoms with Crippen LogP contribution < -0.4 is 4.72 Å². The Bertz CT molecular complexity index is 1160. The summed E-state index contributed by atoms with van der Waals surface area (Å²) in [6.45, 7) is 0. The molecule has 136 valence electrons. The maximum Gasteiger partial charge on any atom is 0.261 e. The van der Waals surface area contributed by atoms with Crippen molar-refractivity contribution in [3.8, 4) is 17.3 Å². The number of nitrogens with one attached hydrogen (secondary N) is 1. The fourth-order valence-corrected chi connectivity index (χ4v) is 3.61. The average Bonchev–Trinajstić information content (AvgIpc) is 2.62. The lowest BCUT2D eigenvalue weighted by molar-refractivity contribution is 0.599. The van der Waals surface area contributed by atoms with Gasteiger partial charge in [0.15, 0.2) is 11.5 Å². The number of benzene rings is 2. The fraction of sp³-hybridized carbons (Fsp3) is 0. The predicted octanol–water partition coefficient (Wildman–Crippen LogP) is 4.35. The van der Waals surface area contributed by atoms with Gasteiger partial charge in [0.05, 0.1) is 21.3 Å². The number of rotatable bonds is 4. The standard InChI is InChI=1S/C18H10ClF2N3O2S/c19-15-9-12(24-27(25,26)13-4-1-11(20)2-5-13)3-6-14(15)17-8-7-16(21)18(10-22)23-17/h1-9,24H. The Morgan fingerprint density at radius 1 is 1.04 bits per heavy atom. The molecule has 0 amide bonds. The molecule has 0 radical (unpaired) electrons. The highest BCUT2D eigenvalue weighted by atomic mass is 35.5. The summed E-state index contributed by atoms with van der Waals surface area (Å²) in [6, 6.07) is 12.8. The Morgan fingerprint density at radius 2 is 1.74 bits per heavy atom. The molecule has 0 spiro atoms. The largest absolute Gasteiger partial charge is 0.280 e. The second-order valence-electron chi connectivity index (χ2n) is 5.39. The van der Waals surface area contributed by atoms with Gasteiger partial charge in [-0.2, -0.15) is 5.26 Å². The molecule has 0 saturated heterocycles. The number of nitrogens with zero attached hydrogens (tertiary/aromatic N) is 2. The van der Waals surface area contributed by atoms with E-state index in [4.69, 9.17) is 16.9 Å². The van der Waals surface area contributed by atoms with Crippen LogP contribution in [-0.2, 0) is 10.0 Å². The average molecular weight is 406 g/mol. The lowest BCUT2D eigenvalue weighted by Crippen LogP contribution is -2.12. The Labute approximate surface area is 158 Å². The van der Waals surface area contributed by atoms with Gasteiger partial charge in [-0.1, -0.05) is 11.6 Å². The fourth-order valence-electron chi connectivity index (χ4n) is 2.28. The van der Waals surface area contributed by atoms with E-state index < -0.39 is 21.7 Å². The first-order valence-corrected chi connectivity index (χ1v) is 9.31. The smallest absolute Gasteiger partial charge is 0.261 e. The zero-order valence-electron chi connectivity index (χ0n) is 13.4. The summed E-state index contributed by atoms with van der Waals surface area (Å²) in [7, 11) is -3.92. The third-order valence-corrected chi connectivity index (χ3v) is 5.28. The molecule has 0 saturated carbocycles. The lowest BCUT2D eigenvalue weighted by atomic mass is 10.1. The molecule has 1 aromatic heterocycles. The molecule has 9 heteroatoms. The Hall–Kier alpha value is -3.02. The van der Waals surface area contributed by atoms with Gasteiger partial charge < -0.3 is 0 Å². The van der Waals surface area contributed by atoms with Crippen molar-refractivity contribution in [3.63, 3.8) is 0 Å². The molecular formula is C18H10ClF2N3O2S.